The Balaban J connectivity index is 2.21. The maximum absolute atomic E-state index is 11.8. The number of hydrogen-bond acceptors (Lipinski definition) is 2. The fourth-order valence-electron chi connectivity index (χ4n) is 2.20. The van der Waals surface area contributed by atoms with Crippen LogP contribution in [0.2, 0.25) is 0 Å². The van der Waals surface area contributed by atoms with E-state index in [-0.39, 0.29) is 11.4 Å². The summed E-state index contributed by atoms with van der Waals surface area (Å²) < 4.78 is 0. The van der Waals surface area contributed by atoms with Crippen molar-refractivity contribution in [3.05, 3.63) is 12.2 Å². The summed E-state index contributed by atoms with van der Waals surface area (Å²) in [5, 5.41) is 6.00. The van der Waals surface area contributed by atoms with Crippen LogP contribution in [0.25, 0.3) is 0 Å². The van der Waals surface area contributed by atoms with Gasteiger partial charge in [-0.2, -0.15) is 0 Å². The number of urea groups is 1. The molecule has 0 bridgehead atoms. The van der Waals surface area contributed by atoms with Crippen molar-refractivity contribution in [1.29, 1.82) is 0 Å². The summed E-state index contributed by atoms with van der Waals surface area (Å²) in [5.74, 6) is 0. The molecule has 0 aliphatic carbocycles. The van der Waals surface area contributed by atoms with Crippen LogP contribution in [0.4, 0.5) is 4.79 Å². The first-order valence-corrected chi connectivity index (χ1v) is 7.17. The molecule has 0 aromatic carbocycles. The van der Waals surface area contributed by atoms with Crippen molar-refractivity contribution in [3.63, 3.8) is 0 Å². The predicted octanol–water partition coefficient (Wildman–Crippen LogP) is 2.37. The number of likely N-dealkylation sites (tertiary alicyclic amines) is 1. The lowest BCUT2D eigenvalue weighted by Crippen LogP contribution is -2.49. The van der Waals surface area contributed by atoms with Gasteiger partial charge in [0.15, 0.2) is 0 Å². The fourth-order valence-corrected chi connectivity index (χ4v) is 2.20. The topological polar surface area (TPSA) is 44.4 Å². The molecule has 0 aromatic heterocycles. The molecule has 1 saturated heterocycles. The molecular weight excluding hydrogens is 238 g/mol. The van der Waals surface area contributed by atoms with Crippen molar-refractivity contribution < 1.29 is 4.79 Å². The minimum absolute atomic E-state index is 0.0340. The molecule has 1 aliphatic rings. The van der Waals surface area contributed by atoms with E-state index in [2.05, 4.69) is 49.8 Å². The highest BCUT2D eigenvalue weighted by Gasteiger charge is 2.21. The summed E-state index contributed by atoms with van der Waals surface area (Å²) >= 11 is 0. The van der Waals surface area contributed by atoms with Crippen LogP contribution in [-0.2, 0) is 0 Å². The normalized spacial score (nSPS) is 18.1. The molecular formula is C15H29N3O. The highest BCUT2D eigenvalue weighted by molar-refractivity contribution is 5.74. The van der Waals surface area contributed by atoms with E-state index in [1.165, 1.54) is 5.57 Å². The summed E-state index contributed by atoms with van der Waals surface area (Å²) in [6, 6.07) is 0.273. The third kappa shape index (κ3) is 7.21. The Morgan fingerprint density at radius 1 is 1.32 bits per heavy atom. The van der Waals surface area contributed by atoms with Crippen LogP contribution in [-0.4, -0.2) is 43.2 Å². The third-order valence-corrected chi connectivity index (χ3v) is 3.20. The molecule has 0 saturated carbocycles. The van der Waals surface area contributed by atoms with Crippen molar-refractivity contribution in [1.82, 2.24) is 15.5 Å². The van der Waals surface area contributed by atoms with E-state index in [1.54, 1.807) is 0 Å². The highest BCUT2D eigenvalue weighted by atomic mass is 16.2. The molecule has 2 N–H and O–H groups in total. The van der Waals surface area contributed by atoms with Crippen molar-refractivity contribution in [2.45, 2.75) is 46.6 Å². The Kier molecular flexibility index (Phi) is 5.85. The average molecular weight is 267 g/mol. The zero-order valence-corrected chi connectivity index (χ0v) is 12.9. The zero-order chi connectivity index (χ0) is 14.5. The number of hydrogen-bond donors (Lipinski definition) is 2. The maximum Gasteiger partial charge on any atom is 0.315 e. The lowest BCUT2D eigenvalue weighted by Gasteiger charge is -2.32. The largest absolute Gasteiger partial charge is 0.338 e. The van der Waals surface area contributed by atoms with Crippen molar-refractivity contribution in [3.8, 4) is 0 Å². The van der Waals surface area contributed by atoms with Gasteiger partial charge in [0.1, 0.15) is 0 Å². The van der Waals surface area contributed by atoms with Crippen LogP contribution in [0.15, 0.2) is 12.2 Å². The molecule has 1 aliphatic heterocycles. The van der Waals surface area contributed by atoms with Gasteiger partial charge >= 0.3 is 6.03 Å². The molecule has 0 aromatic rings. The fraction of sp³-hybridized carbons (Fsp3) is 0.800. The van der Waals surface area contributed by atoms with Gasteiger partial charge < -0.3 is 10.6 Å². The Hall–Kier alpha value is -1.03. The van der Waals surface area contributed by atoms with Crippen LogP contribution in [0, 0.1) is 5.41 Å². The third-order valence-electron chi connectivity index (χ3n) is 3.20. The number of piperidine rings is 1. The molecule has 0 radical (unpaired) electrons. The second kappa shape index (κ2) is 6.94. The number of nitrogens with one attached hydrogen (secondary N) is 2. The summed E-state index contributed by atoms with van der Waals surface area (Å²) in [7, 11) is 0. The Morgan fingerprint density at radius 2 is 1.89 bits per heavy atom. The molecule has 1 fully saturated rings. The first-order valence-electron chi connectivity index (χ1n) is 7.17. The summed E-state index contributed by atoms with van der Waals surface area (Å²) in [6.45, 7) is 16.1. The highest BCUT2D eigenvalue weighted by Crippen LogP contribution is 2.12. The molecule has 4 heteroatoms. The van der Waals surface area contributed by atoms with Crippen molar-refractivity contribution in [2.24, 2.45) is 5.41 Å². The second-order valence-electron chi connectivity index (χ2n) is 6.90. The average Bonchev–Trinajstić information content (AvgIpc) is 2.28. The minimum Gasteiger partial charge on any atom is -0.338 e. The Labute approximate surface area is 117 Å². The van der Waals surface area contributed by atoms with Crippen LogP contribution in [0.1, 0.15) is 40.5 Å². The SMILES string of the molecule is C=C(C)CN1CCC(NC(=O)NCC(C)(C)C)CC1. The van der Waals surface area contributed by atoms with E-state index < -0.39 is 0 Å². The maximum atomic E-state index is 11.8. The number of rotatable bonds is 4. The van der Waals surface area contributed by atoms with Crippen LogP contribution < -0.4 is 10.6 Å². The van der Waals surface area contributed by atoms with Gasteiger partial charge in [-0.3, -0.25) is 4.90 Å². The molecule has 0 atom stereocenters. The van der Waals surface area contributed by atoms with Gasteiger partial charge in [-0.25, -0.2) is 4.79 Å². The number of amides is 2. The first kappa shape index (κ1) is 16.0. The molecule has 4 nitrogen and oxygen atoms in total. The van der Waals surface area contributed by atoms with Crippen LogP contribution in [0.5, 0.6) is 0 Å². The van der Waals surface area contributed by atoms with Crippen molar-refractivity contribution in [2.75, 3.05) is 26.2 Å². The predicted molar refractivity (Wildman–Crippen MR) is 80.3 cm³/mol. The molecule has 2 amide bonds. The van der Waals surface area contributed by atoms with E-state index in [4.69, 9.17) is 0 Å². The summed E-state index contributed by atoms with van der Waals surface area (Å²) in [4.78, 5) is 14.2. The van der Waals surface area contributed by atoms with Gasteiger partial charge in [0.25, 0.3) is 0 Å². The first-order chi connectivity index (χ1) is 8.76. The molecule has 1 rings (SSSR count). The van der Waals surface area contributed by atoms with E-state index in [0.717, 1.165) is 32.5 Å². The molecule has 1 heterocycles. The molecule has 0 unspecified atom stereocenters. The van der Waals surface area contributed by atoms with E-state index in [1.807, 2.05) is 0 Å². The van der Waals surface area contributed by atoms with Crippen LogP contribution in [0.3, 0.4) is 0 Å². The lowest BCUT2D eigenvalue weighted by atomic mass is 9.97. The van der Waals surface area contributed by atoms with Gasteiger partial charge in [-0.15, -0.1) is 0 Å². The van der Waals surface area contributed by atoms with Gasteiger partial charge in [-0.1, -0.05) is 32.9 Å². The number of carbonyl (C=O) groups is 1. The van der Waals surface area contributed by atoms with E-state index in [9.17, 15) is 4.79 Å². The molecule has 110 valence electrons. The van der Waals surface area contributed by atoms with Gasteiger partial charge in [0.05, 0.1) is 0 Å². The Bertz CT molecular complexity index is 312. The molecule has 0 spiro atoms. The number of nitrogens with zero attached hydrogens (tertiary/aromatic N) is 1. The van der Waals surface area contributed by atoms with Crippen molar-refractivity contribution >= 4 is 6.03 Å². The van der Waals surface area contributed by atoms with Crippen LogP contribution >= 0.6 is 0 Å². The lowest BCUT2D eigenvalue weighted by molar-refractivity contribution is 0.200. The monoisotopic (exact) mass is 267 g/mol. The standard InChI is InChI=1S/C15H29N3O/c1-12(2)10-18-8-6-13(7-9-18)17-14(19)16-11-15(3,4)5/h13H,1,6-11H2,2-5H3,(H2,16,17,19). The summed E-state index contributed by atoms with van der Waals surface area (Å²) in [6.07, 6.45) is 2.05. The second-order valence-corrected chi connectivity index (χ2v) is 6.90. The smallest absolute Gasteiger partial charge is 0.315 e. The van der Waals surface area contributed by atoms with Gasteiger partial charge in [-0.05, 0) is 25.2 Å². The number of carbonyl (C=O) groups excluding carboxylic acids is 1. The summed E-state index contributed by atoms with van der Waals surface area (Å²) in [5.41, 5.74) is 1.33. The van der Waals surface area contributed by atoms with E-state index in [0.29, 0.717) is 12.6 Å². The quantitative estimate of drug-likeness (QED) is 0.768. The minimum atomic E-state index is -0.0340. The molecule has 19 heavy (non-hydrogen) atoms. The van der Waals surface area contributed by atoms with Gasteiger partial charge in [0, 0.05) is 32.2 Å². The van der Waals surface area contributed by atoms with Gasteiger partial charge in [0.2, 0.25) is 0 Å². The zero-order valence-electron chi connectivity index (χ0n) is 12.9. The van der Waals surface area contributed by atoms with E-state index >= 15 is 0 Å². The Morgan fingerprint density at radius 3 is 2.37 bits per heavy atom.